The van der Waals surface area contributed by atoms with Gasteiger partial charge in [0.15, 0.2) is 0 Å². The van der Waals surface area contributed by atoms with Gasteiger partial charge in [-0.05, 0) is 37.0 Å². The molecule has 1 aromatic rings. The van der Waals surface area contributed by atoms with E-state index in [2.05, 4.69) is 0 Å². The second kappa shape index (κ2) is 5.68. The number of carboxylic acid groups (broad SMARTS) is 1. The van der Waals surface area contributed by atoms with Gasteiger partial charge in [-0.25, -0.2) is 0 Å². The van der Waals surface area contributed by atoms with Gasteiger partial charge in [-0.2, -0.15) is 0 Å². The minimum atomic E-state index is -0.807. The topological polar surface area (TPSA) is 89.3 Å². The predicted molar refractivity (Wildman–Crippen MR) is 68.6 cm³/mol. The fraction of sp³-hybridized carbons (Fsp3) is 0.462. The van der Waals surface area contributed by atoms with Gasteiger partial charge in [0.25, 0.3) is 0 Å². The van der Waals surface area contributed by atoms with E-state index in [4.69, 9.17) is 11.5 Å². The molecule has 0 spiro atoms. The SMILES string of the molecule is CCC(CN)(CCc1ccc(N)cc1)C(=O)O. The van der Waals surface area contributed by atoms with E-state index in [-0.39, 0.29) is 6.54 Å². The molecule has 5 N–H and O–H groups in total. The molecular formula is C13H20N2O2. The van der Waals surface area contributed by atoms with Gasteiger partial charge >= 0.3 is 5.97 Å². The van der Waals surface area contributed by atoms with Crippen LogP contribution in [0.4, 0.5) is 5.69 Å². The third-order valence-electron chi connectivity index (χ3n) is 3.39. The van der Waals surface area contributed by atoms with E-state index in [1.54, 1.807) is 0 Å². The smallest absolute Gasteiger partial charge is 0.310 e. The van der Waals surface area contributed by atoms with Crippen LogP contribution in [0.3, 0.4) is 0 Å². The van der Waals surface area contributed by atoms with Crippen LogP contribution in [0.15, 0.2) is 24.3 Å². The van der Waals surface area contributed by atoms with Crippen LogP contribution in [0.2, 0.25) is 0 Å². The molecule has 94 valence electrons. The van der Waals surface area contributed by atoms with Crippen molar-refractivity contribution in [2.45, 2.75) is 26.2 Å². The molecule has 0 aliphatic rings. The van der Waals surface area contributed by atoms with Crippen LogP contribution in [0.1, 0.15) is 25.3 Å². The van der Waals surface area contributed by atoms with Crippen molar-refractivity contribution in [1.82, 2.24) is 0 Å². The lowest BCUT2D eigenvalue weighted by atomic mass is 9.80. The highest BCUT2D eigenvalue weighted by molar-refractivity contribution is 5.74. The molecule has 1 atom stereocenters. The Hall–Kier alpha value is -1.55. The first kappa shape index (κ1) is 13.5. The van der Waals surface area contributed by atoms with E-state index < -0.39 is 11.4 Å². The van der Waals surface area contributed by atoms with Crippen LogP contribution >= 0.6 is 0 Å². The minimum absolute atomic E-state index is 0.174. The number of carboxylic acids is 1. The van der Waals surface area contributed by atoms with Gasteiger partial charge in [0, 0.05) is 12.2 Å². The Balaban J connectivity index is 2.70. The lowest BCUT2D eigenvalue weighted by Gasteiger charge is -2.26. The Morgan fingerprint density at radius 1 is 1.35 bits per heavy atom. The number of hydrogen-bond acceptors (Lipinski definition) is 3. The number of benzene rings is 1. The number of aliphatic carboxylic acids is 1. The van der Waals surface area contributed by atoms with Gasteiger partial charge in [-0.1, -0.05) is 19.1 Å². The van der Waals surface area contributed by atoms with Crippen molar-refractivity contribution in [1.29, 1.82) is 0 Å². The molecule has 0 saturated carbocycles. The highest BCUT2D eigenvalue weighted by Crippen LogP contribution is 2.27. The number of anilines is 1. The average Bonchev–Trinajstić information content (AvgIpc) is 2.33. The number of carbonyl (C=O) groups is 1. The molecule has 0 heterocycles. The highest BCUT2D eigenvalue weighted by Gasteiger charge is 2.34. The van der Waals surface area contributed by atoms with Crippen molar-refractivity contribution in [2.75, 3.05) is 12.3 Å². The van der Waals surface area contributed by atoms with E-state index in [1.165, 1.54) is 0 Å². The van der Waals surface area contributed by atoms with E-state index >= 15 is 0 Å². The number of hydrogen-bond donors (Lipinski definition) is 3. The molecule has 1 unspecified atom stereocenters. The van der Waals surface area contributed by atoms with Gasteiger partial charge in [-0.3, -0.25) is 4.79 Å². The van der Waals surface area contributed by atoms with Gasteiger partial charge in [0.1, 0.15) is 0 Å². The number of aryl methyl sites for hydroxylation is 1. The molecule has 0 aliphatic carbocycles. The van der Waals surface area contributed by atoms with Crippen molar-refractivity contribution in [2.24, 2.45) is 11.1 Å². The van der Waals surface area contributed by atoms with E-state index in [0.717, 1.165) is 5.56 Å². The molecule has 0 aromatic heterocycles. The maximum absolute atomic E-state index is 11.3. The standard InChI is InChI=1S/C13H20N2O2/c1-2-13(9-14,12(16)17)8-7-10-3-5-11(15)6-4-10/h3-6H,2,7-9,14-15H2,1H3,(H,16,17). The summed E-state index contributed by atoms with van der Waals surface area (Å²) < 4.78 is 0. The maximum atomic E-state index is 11.3. The number of nitrogens with two attached hydrogens (primary N) is 2. The van der Waals surface area contributed by atoms with Crippen LogP contribution in [0.25, 0.3) is 0 Å². The summed E-state index contributed by atoms with van der Waals surface area (Å²) in [6.07, 6.45) is 1.81. The zero-order valence-electron chi connectivity index (χ0n) is 10.1. The summed E-state index contributed by atoms with van der Waals surface area (Å²) in [6, 6.07) is 7.50. The quantitative estimate of drug-likeness (QED) is 0.655. The van der Waals surface area contributed by atoms with Crippen molar-refractivity contribution < 1.29 is 9.90 Å². The molecule has 0 fully saturated rings. The Morgan fingerprint density at radius 3 is 2.35 bits per heavy atom. The highest BCUT2D eigenvalue weighted by atomic mass is 16.4. The minimum Gasteiger partial charge on any atom is -0.481 e. The second-order valence-corrected chi connectivity index (χ2v) is 4.38. The van der Waals surface area contributed by atoms with Gasteiger partial charge in [0.2, 0.25) is 0 Å². The molecule has 17 heavy (non-hydrogen) atoms. The summed E-state index contributed by atoms with van der Waals surface area (Å²) in [4.78, 5) is 11.3. The monoisotopic (exact) mass is 236 g/mol. The molecule has 4 nitrogen and oxygen atoms in total. The van der Waals surface area contributed by atoms with Crippen molar-refractivity contribution in [3.8, 4) is 0 Å². The fourth-order valence-electron chi connectivity index (χ4n) is 1.84. The van der Waals surface area contributed by atoms with Crippen LogP contribution in [-0.2, 0) is 11.2 Å². The van der Waals surface area contributed by atoms with Crippen LogP contribution in [0, 0.1) is 5.41 Å². The number of rotatable bonds is 6. The molecule has 4 heteroatoms. The van der Waals surface area contributed by atoms with E-state index in [9.17, 15) is 9.90 Å². The van der Waals surface area contributed by atoms with Crippen LogP contribution < -0.4 is 11.5 Å². The third kappa shape index (κ3) is 3.20. The molecule has 0 aliphatic heterocycles. The zero-order chi connectivity index (χ0) is 12.9. The largest absolute Gasteiger partial charge is 0.481 e. The van der Waals surface area contributed by atoms with Gasteiger partial charge in [0.05, 0.1) is 5.41 Å². The van der Waals surface area contributed by atoms with Crippen LogP contribution in [0.5, 0.6) is 0 Å². The normalized spacial score (nSPS) is 14.2. The Morgan fingerprint density at radius 2 is 1.94 bits per heavy atom. The molecule has 0 radical (unpaired) electrons. The number of nitrogen functional groups attached to an aromatic ring is 1. The second-order valence-electron chi connectivity index (χ2n) is 4.38. The van der Waals surface area contributed by atoms with Gasteiger partial charge < -0.3 is 16.6 Å². The van der Waals surface area contributed by atoms with E-state index in [0.29, 0.717) is 24.9 Å². The molecular weight excluding hydrogens is 216 g/mol. The van der Waals surface area contributed by atoms with E-state index in [1.807, 2.05) is 31.2 Å². The van der Waals surface area contributed by atoms with Crippen molar-refractivity contribution >= 4 is 11.7 Å². The van der Waals surface area contributed by atoms with Gasteiger partial charge in [-0.15, -0.1) is 0 Å². The molecule has 0 amide bonds. The zero-order valence-corrected chi connectivity index (χ0v) is 10.1. The molecule has 0 bridgehead atoms. The summed E-state index contributed by atoms with van der Waals surface area (Å²) in [5.74, 6) is -0.807. The lowest BCUT2D eigenvalue weighted by molar-refractivity contribution is -0.149. The first-order valence-corrected chi connectivity index (χ1v) is 5.82. The fourth-order valence-corrected chi connectivity index (χ4v) is 1.84. The molecule has 0 saturated heterocycles. The third-order valence-corrected chi connectivity index (χ3v) is 3.39. The summed E-state index contributed by atoms with van der Waals surface area (Å²) >= 11 is 0. The summed E-state index contributed by atoms with van der Waals surface area (Å²) in [6.45, 7) is 2.04. The first-order valence-electron chi connectivity index (χ1n) is 5.82. The summed E-state index contributed by atoms with van der Waals surface area (Å²) in [7, 11) is 0. The predicted octanol–water partition coefficient (Wildman–Crippen LogP) is 1.64. The van der Waals surface area contributed by atoms with Crippen molar-refractivity contribution in [3.05, 3.63) is 29.8 Å². The first-order chi connectivity index (χ1) is 8.04. The molecule has 1 aromatic carbocycles. The molecule has 1 rings (SSSR count). The Labute approximate surface area is 102 Å². The Bertz CT molecular complexity index is 370. The summed E-state index contributed by atoms with van der Waals surface area (Å²) in [5.41, 5.74) is 12.2. The van der Waals surface area contributed by atoms with Crippen LogP contribution in [-0.4, -0.2) is 17.6 Å². The van der Waals surface area contributed by atoms with Crippen molar-refractivity contribution in [3.63, 3.8) is 0 Å². The Kier molecular flexibility index (Phi) is 4.52. The summed E-state index contributed by atoms with van der Waals surface area (Å²) in [5, 5.41) is 9.25. The lowest BCUT2D eigenvalue weighted by Crippen LogP contribution is -2.38. The maximum Gasteiger partial charge on any atom is 0.310 e. The average molecular weight is 236 g/mol.